The molecule has 0 radical (unpaired) electrons. The number of carbonyl (C=O) groups is 4. The molecule has 15 heteroatoms. The maximum Gasteiger partial charge on any atom is 0.245 e. The van der Waals surface area contributed by atoms with Gasteiger partial charge in [-0.25, -0.2) is 0 Å². The van der Waals surface area contributed by atoms with Gasteiger partial charge >= 0.3 is 0 Å². The number of methoxy groups -OCH3 is 4. The van der Waals surface area contributed by atoms with Crippen LogP contribution in [0.25, 0.3) is 0 Å². The predicted molar refractivity (Wildman–Crippen MR) is 220 cm³/mol. The lowest BCUT2D eigenvalue weighted by atomic mass is 9.89. The summed E-state index contributed by atoms with van der Waals surface area (Å²) in [6, 6.07) is 4.12. The zero-order valence-corrected chi connectivity index (χ0v) is 37.1. The molecule has 1 saturated heterocycles. The van der Waals surface area contributed by atoms with Gasteiger partial charge < -0.3 is 44.6 Å². The summed E-state index contributed by atoms with van der Waals surface area (Å²) in [6.45, 7) is 15.5. The zero-order chi connectivity index (χ0) is 43.3. The summed E-state index contributed by atoms with van der Waals surface area (Å²) in [6.07, 6.45) is -0.597. The van der Waals surface area contributed by atoms with Gasteiger partial charge in [-0.1, -0.05) is 72.2 Å². The summed E-state index contributed by atoms with van der Waals surface area (Å²) in [4.78, 5) is 61.2. The number of likely N-dealkylation sites (tertiary alicyclic amines) is 1. The van der Waals surface area contributed by atoms with E-state index >= 15 is 0 Å². The van der Waals surface area contributed by atoms with Crippen LogP contribution in [0.1, 0.15) is 80.2 Å². The van der Waals surface area contributed by atoms with Gasteiger partial charge in [0.1, 0.15) is 17.5 Å². The lowest BCUT2D eigenvalue weighted by Gasteiger charge is -2.41. The van der Waals surface area contributed by atoms with Crippen LogP contribution in [-0.4, -0.2) is 154 Å². The lowest BCUT2D eigenvalue weighted by molar-refractivity contribution is -0.148. The molecule has 0 aliphatic carbocycles. The topological polar surface area (TPSA) is 172 Å². The predicted octanol–water partition coefficient (Wildman–Crippen LogP) is 3.65. The van der Waals surface area contributed by atoms with Crippen molar-refractivity contribution in [1.29, 1.82) is 0 Å². The maximum absolute atomic E-state index is 14.4. The molecule has 1 aliphatic rings. The fraction of sp³-hybridized carbons (Fsp3) is 0.738. The number of ether oxygens (including phenoxy) is 4. The highest BCUT2D eigenvalue weighted by molar-refractivity contribution is 6.05. The van der Waals surface area contributed by atoms with E-state index < -0.39 is 48.3 Å². The van der Waals surface area contributed by atoms with Crippen molar-refractivity contribution in [2.45, 2.75) is 123 Å². The summed E-state index contributed by atoms with van der Waals surface area (Å²) in [5, 5.41) is 19.3. The molecule has 2 rings (SSSR count). The Bertz CT molecular complexity index is 1480. The average molecular weight is 805 g/mol. The molecule has 10 atom stereocenters. The fourth-order valence-corrected chi connectivity index (χ4v) is 8.15. The van der Waals surface area contributed by atoms with Crippen LogP contribution in [0, 0.1) is 23.7 Å². The molecular formula is C42H72N6O9. The SMILES string of the molecule is CC[C@H](C)[C@@H]([C@H](CC(=O)N1C[C@H](OC)C[C@@H]1[C@H](OC)[C@@H](C)C(=O)N[C@H](C)C(=NO)c1cccc(OC)c1)OC)N(C)C(=O)[C@@H](NC(=O)[C@H](C(C)C)N(C)C)C(C)C. The van der Waals surface area contributed by atoms with Crippen LogP contribution in [0.2, 0.25) is 0 Å². The van der Waals surface area contributed by atoms with Crippen LogP contribution >= 0.6 is 0 Å². The molecule has 0 bridgehead atoms. The van der Waals surface area contributed by atoms with Crippen LogP contribution < -0.4 is 15.4 Å². The fourth-order valence-electron chi connectivity index (χ4n) is 8.15. The highest BCUT2D eigenvalue weighted by Crippen LogP contribution is 2.31. The molecule has 1 aromatic rings. The third-order valence-electron chi connectivity index (χ3n) is 11.5. The van der Waals surface area contributed by atoms with E-state index in [1.807, 2.05) is 60.5 Å². The molecule has 1 fully saturated rings. The number of benzene rings is 1. The third-order valence-corrected chi connectivity index (χ3v) is 11.5. The minimum absolute atomic E-state index is 0.0291. The van der Waals surface area contributed by atoms with Crippen molar-refractivity contribution in [2.75, 3.05) is 56.1 Å². The number of nitrogens with one attached hydrogen (secondary N) is 2. The van der Waals surface area contributed by atoms with E-state index in [-0.39, 0.29) is 66.2 Å². The zero-order valence-electron chi connectivity index (χ0n) is 37.1. The van der Waals surface area contributed by atoms with Gasteiger partial charge in [0.2, 0.25) is 23.6 Å². The molecule has 0 unspecified atom stereocenters. The quantitative estimate of drug-likeness (QED) is 0.0894. The number of rotatable bonds is 22. The van der Waals surface area contributed by atoms with Gasteiger partial charge in [-0.05, 0) is 57.3 Å². The first-order valence-corrected chi connectivity index (χ1v) is 20.1. The minimum atomic E-state index is -0.790. The van der Waals surface area contributed by atoms with E-state index in [2.05, 4.69) is 15.8 Å². The number of nitrogens with zero attached hydrogens (tertiary/aromatic N) is 4. The number of carbonyl (C=O) groups excluding carboxylic acids is 4. The summed E-state index contributed by atoms with van der Waals surface area (Å²) in [5.74, 6) is -1.43. The standard InChI is InChI=1S/C42H72N6O9/c1-16-26(6)38(47(11)42(52)35(24(2)3)44-41(51)37(25(4)5)46(9)10)33(56-14)22-34(49)48-23-31(55-13)21-32(48)39(57-15)27(7)40(50)43-28(8)36(45-53)29-18-17-19-30(20-29)54-12/h17-20,24-28,31-33,35,37-39,53H,16,21-23H2,1-15H3,(H,43,50)(H,44,51)/t26-,27+,28+,31+,32+,33-,35-,37-,38-,39+/m0/s1. The Morgan fingerprint density at radius 3 is 2.07 bits per heavy atom. The normalized spacial score (nSPS) is 20.4. The molecule has 1 aliphatic heterocycles. The van der Waals surface area contributed by atoms with Crippen molar-refractivity contribution in [1.82, 2.24) is 25.3 Å². The molecule has 57 heavy (non-hydrogen) atoms. The van der Waals surface area contributed by atoms with E-state index in [1.54, 1.807) is 62.1 Å². The van der Waals surface area contributed by atoms with E-state index in [1.165, 1.54) is 21.3 Å². The van der Waals surface area contributed by atoms with Gasteiger partial charge in [0.15, 0.2) is 0 Å². The number of hydrogen-bond acceptors (Lipinski definition) is 11. The smallest absolute Gasteiger partial charge is 0.245 e. The minimum Gasteiger partial charge on any atom is -0.497 e. The molecule has 1 aromatic carbocycles. The third kappa shape index (κ3) is 12.6. The van der Waals surface area contributed by atoms with Crippen molar-refractivity contribution in [2.24, 2.45) is 28.8 Å². The van der Waals surface area contributed by atoms with Crippen molar-refractivity contribution in [3.8, 4) is 5.75 Å². The van der Waals surface area contributed by atoms with Gasteiger partial charge in [0.25, 0.3) is 0 Å². The molecule has 1 heterocycles. The Labute approximate surface area is 341 Å². The lowest BCUT2D eigenvalue weighted by Crippen LogP contribution is -2.59. The monoisotopic (exact) mass is 805 g/mol. The Morgan fingerprint density at radius 2 is 1.58 bits per heavy atom. The molecule has 0 saturated carbocycles. The molecule has 0 spiro atoms. The summed E-state index contributed by atoms with van der Waals surface area (Å²) >= 11 is 0. The maximum atomic E-state index is 14.4. The Morgan fingerprint density at radius 1 is 0.930 bits per heavy atom. The summed E-state index contributed by atoms with van der Waals surface area (Å²) in [7, 11) is 11.6. The van der Waals surface area contributed by atoms with Crippen LogP contribution in [0.3, 0.4) is 0 Å². The first kappa shape index (κ1) is 49.4. The Balaban J connectivity index is 2.36. The Kier molecular flexibility index (Phi) is 19.9. The second-order valence-electron chi connectivity index (χ2n) is 16.3. The Hall–Kier alpha value is -3.79. The molecule has 0 aromatic heterocycles. The largest absolute Gasteiger partial charge is 0.497 e. The second kappa shape index (κ2) is 23.0. The first-order chi connectivity index (χ1) is 26.8. The highest BCUT2D eigenvalue weighted by atomic mass is 16.5. The van der Waals surface area contributed by atoms with Gasteiger partial charge in [-0.3, -0.25) is 24.1 Å². The summed E-state index contributed by atoms with van der Waals surface area (Å²) in [5.41, 5.74) is 0.835. The van der Waals surface area contributed by atoms with Crippen LogP contribution in [0.4, 0.5) is 0 Å². The molecular weight excluding hydrogens is 732 g/mol. The van der Waals surface area contributed by atoms with Gasteiger partial charge in [-0.2, -0.15) is 0 Å². The molecule has 4 amide bonds. The molecule has 3 N–H and O–H groups in total. The number of likely N-dealkylation sites (N-methyl/N-ethyl adjacent to an activating group) is 2. The van der Waals surface area contributed by atoms with Crippen LogP contribution in [0.5, 0.6) is 5.75 Å². The van der Waals surface area contributed by atoms with E-state index in [0.29, 0.717) is 24.2 Å². The van der Waals surface area contributed by atoms with E-state index in [9.17, 15) is 24.4 Å². The number of hydrogen-bond donors (Lipinski definition) is 3. The second-order valence-corrected chi connectivity index (χ2v) is 16.3. The van der Waals surface area contributed by atoms with E-state index in [4.69, 9.17) is 18.9 Å². The van der Waals surface area contributed by atoms with Gasteiger partial charge in [-0.15, -0.1) is 0 Å². The number of amides is 4. The van der Waals surface area contributed by atoms with Crippen molar-refractivity contribution >= 4 is 29.3 Å². The summed E-state index contributed by atoms with van der Waals surface area (Å²) < 4.78 is 23.1. The van der Waals surface area contributed by atoms with Crippen molar-refractivity contribution in [3.05, 3.63) is 29.8 Å². The van der Waals surface area contributed by atoms with Crippen LogP contribution in [-0.2, 0) is 33.4 Å². The van der Waals surface area contributed by atoms with Gasteiger partial charge in [0.05, 0.1) is 61.9 Å². The van der Waals surface area contributed by atoms with Gasteiger partial charge in [0, 0.05) is 40.5 Å². The molecule has 324 valence electrons. The molecule has 15 nitrogen and oxygen atoms in total. The van der Waals surface area contributed by atoms with Crippen molar-refractivity contribution < 1.29 is 43.3 Å². The first-order valence-electron chi connectivity index (χ1n) is 20.1. The van der Waals surface area contributed by atoms with E-state index in [0.717, 1.165) is 0 Å². The number of oxime groups is 1. The van der Waals surface area contributed by atoms with Crippen LogP contribution in [0.15, 0.2) is 29.4 Å². The van der Waals surface area contributed by atoms with Crippen molar-refractivity contribution in [3.63, 3.8) is 0 Å². The highest BCUT2D eigenvalue weighted by Gasteiger charge is 2.46. The average Bonchev–Trinajstić information content (AvgIpc) is 3.60.